The van der Waals surface area contributed by atoms with Crippen LogP contribution in [0.2, 0.25) is 0 Å². The molecule has 1 aromatic rings. The van der Waals surface area contributed by atoms with Gasteiger partial charge in [-0.15, -0.1) is 11.3 Å². The summed E-state index contributed by atoms with van der Waals surface area (Å²) >= 11 is 1.78. The van der Waals surface area contributed by atoms with Crippen LogP contribution in [-0.4, -0.2) is 86.3 Å². The van der Waals surface area contributed by atoms with E-state index in [0.29, 0.717) is 19.4 Å². The lowest BCUT2D eigenvalue weighted by Gasteiger charge is -2.35. The van der Waals surface area contributed by atoms with Gasteiger partial charge in [-0.05, 0) is 24.9 Å². The van der Waals surface area contributed by atoms with Crippen LogP contribution in [0.4, 0.5) is 0 Å². The highest BCUT2D eigenvalue weighted by Gasteiger charge is 2.31. The minimum absolute atomic E-state index is 0.0699. The molecule has 0 aliphatic carbocycles. The van der Waals surface area contributed by atoms with Crippen LogP contribution < -0.4 is 0 Å². The van der Waals surface area contributed by atoms with Crippen LogP contribution in [0, 0.1) is 0 Å². The van der Waals surface area contributed by atoms with E-state index in [2.05, 4.69) is 22.4 Å². The van der Waals surface area contributed by atoms with Crippen molar-refractivity contribution in [2.45, 2.75) is 25.4 Å². The Labute approximate surface area is 154 Å². The first kappa shape index (κ1) is 18.8. The molecule has 1 unspecified atom stereocenters. The molecule has 2 aliphatic rings. The Morgan fingerprint density at radius 3 is 2.68 bits per heavy atom. The van der Waals surface area contributed by atoms with Crippen LogP contribution in [0.25, 0.3) is 0 Å². The van der Waals surface area contributed by atoms with Crippen molar-refractivity contribution in [2.24, 2.45) is 0 Å². The first-order valence-corrected chi connectivity index (χ1v) is 11.6. The van der Waals surface area contributed by atoms with E-state index in [1.165, 1.54) is 4.88 Å². The van der Waals surface area contributed by atoms with Crippen LogP contribution >= 0.6 is 11.3 Å². The van der Waals surface area contributed by atoms with Crippen LogP contribution in [0.3, 0.4) is 0 Å². The fourth-order valence-electron chi connectivity index (χ4n) is 3.51. The van der Waals surface area contributed by atoms with Crippen molar-refractivity contribution in [3.8, 4) is 0 Å². The third-order valence-corrected chi connectivity index (χ3v) is 7.81. The van der Waals surface area contributed by atoms with Gasteiger partial charge >= 0.3 is 0 Å². The summed E-state index contributed by atoms with van der Waals surface area (Å²) in [7, 11) is -0.941. The predicted octanol–water partition coefficient (Wildman–Crippen LogP) is 0.901. The smallest absolute Gasteiger partial charge is 0.223 e. The summed E-state index contributed by atoms with van der Waals surface area (Å²) in [6, 6.07) is 4.30. The molecule has 1 amide bonds. The van der Waals surface area contributed by atoms with Crippen molar-refractivity contribution in [3.63, 3.8) is 0 Å². The van der Waals surface area contributed by atoms with Gasteiger partial charge in [-0.25, -0.2) is 8.42 Å². The Bertz CT molecular complexity index is 667. The average Bonchev–Trinajstić information content (AvgIpc) is 3.22. The molecular formula is C17H27N3O3S2. The number of piperazine rings is 1. The lowest BCUT2D eigenvalue weighted by molar-refractivity contribution is -0.133. The molecule has 3 rings (SSSR count). The van der Waals surface area contributed by atoms with Gasteiger partial charge in [0.25, 0.3) is 0 Å². The van der Waals surface area contributed by atoms with Crippen LogP contribution in [0.5, 0.6) is 0 Å². The molecule has 2 saturated heterocycles. The van der Waals surface area contributed by atoms with E-state index in [1.54, 1.807) is 11.3 Å². The van der Waals surface area contributed by atoms with Gasteiger partial charge in [0.05, 0.1) is 11.5 Å². The quantitative estimate of drug-likeness (QED) is 0.728. The van der Waals surface area contributed by atoms with Gasteiger partial charge in [0, 0.05) is 56.6 Å². The molecule has 0 N–H and O–H groups in total. The predicted molar refractivity (Wildman–Crippen MR) is 100 cm³/mol. The normalized spacial score (nSPS) is 24.1. The van der Waals surface area contributed by atoms with E-state index in [-0.39, 0.29) is 23.5 Å². The molecule has 2 aliphatic heterocycles. The monoisotopic (exact) mass is 385 g/mol. The fraction of sp³-hybridized carbons (Fsp3) is 0.706. The highest BCUT2D eigenvalue weighted by Crippen LogP contribution is 2.17. The summed E-state index contributed by atoms with van der Waals surface area (Å²) in [4.78, 5) is 20.2. The number of hydrogen-bond donors (Lipinski definition) is 0. The van der Waals surface area contributed by atoms with E-state index in [1.807, 2.05) is 16.8 Å². The number of hydrogen-bond acceptors (Lipinski definition) is 6. The van der Waals surface area contributed by atoms with E-state index in [4.69, 9.17) is 0 Å². The minimum Gasteiger partial charge on any atom is -0.340 e. The maximum atomic E-state index is 12.4. The maximum absolute atomic E-state index is 12.4. The molecule has 1 atom stereocenters. The van der Waals surface area contributed by atoms with Crippen LogP contribution in [0.1, 0.15) is 17.7 Å². The number of amides is 1. The Morgan fingerprint density at radius 1 is 1.32 bits per heavy atom. The molecule has 2 fully saturated rings. The fourth-order valence-corrected chi connectivity index (χ4v) is 6.07. The van der Waals surface area contributed by atoms with Gasteiger partial charge in [-0.3, -0.25) is 9.69 Å². The summed E-state index contributed by atoms with van der Waals surface area (Å²) < 4.78 is 23.1. The third-order valence-electron chi connectivity index (χ3n) is 5.19. The summed E-state index contributed by atoms with van der Waals surface area (Å²) in [6.45, 7) is 5.01. The molecule has 0 spiro atoms. The highest BCUT2D eigenvalue weighted by molar-refractivity contribution is 7.91. The number of rotatable bonds is 6. The van der Waals surface area contributed by atoms with E-state index in [9.17, 15) is 13.2 Å². The standard InChI is InChI=1S/C17H27N3O3S2/c1-18(15-5-12-25(22,23)14-15)6-4-17(21)20-9-7-19(8-10-20)13-16-3-2-11-24-16/h2-3,11,15H,4-10,12-14H2,1H3. The lowest BCUT2D eigenvalue weighted by Crippen LogP contribution is -2.48. The molecule has 6 nitrogen and oxygen atoms in total. The van der Waals surface area contributed by atoms with Crippen molar-refractivity contribution < 1.29 is 13.2 Å². The maximum Gasteiger partial charge on any atom is 0.223 e. The first-order chi connectivity index (χ1) is 11.9. The van der Waals surface area contributed by atoms with Gasteiger partial charge in [0.1, 0.15) is 0 Å². The molecule has 0 aromatic carbocycles. The molecular weight excluding hydrogens is 358 g/mol. The molecule has 0 saturated carbocycles. The lowest BCUT2D eigenvalue weighted by atomic mass is 10.2. The zero-order chi connectivity index (χ0) is 17.9. The molecule has 3 heterocycles. The highest BCUT2D eigenvalue weighted by atomic mass is 32.2. The number of carbonyl (C=O) groups is 1. The van der Waals surface area contributed by atoms with Crippen molar-refractivity contribution in [3.05, 3.63) is 22.4 Å². The molecule has 1 aromatic heterocycles. The van der Waals surface area contributed by atoms with Crippen molar-refractivity contribution >= 4 is 27.1 Å². The second-order valence-electron chi connectivity index (χ2n) is 7.02. The summed E-state index contributed by atoms with van der Waals surface area (Å²) in [5, 5.41) is 2.10. The van der Waals surface area contributed by atoms with Gasteiger partial charge in [-0.2, -0.15) is 0 Å². The average molecular weight is 386 g/mol. The molecule has 8 heteroatoms. The van der Waals surface area contributed by atoms with Crippen molar-refractivity contribution in [1.82, 2.24) is 14.7 Å². The summed E-state index contributed by atoms with van der Waals surface area (Å²) in [6.07, 6.45) is 1.16. The van der Waals surface area contributed by atoms with E-state index < -0.39 is 9.84 Å². The van der Waals surface area contributed by atoms with E-state index in [0.717, 1.165) is 32.7 Å². The summed E-state index contributed by atoms with van der Waals surface area (Å²) in [5.74, 6) is 0.699. The zero-order valence-electron chi connectivity index (χ0n) is 14.8. The SMILES string of the molecule is CN(CCC(=O)N1CCN(Cc2cccs2)CC1)C1CCS(=O)(=O)C1. The van der Waals surface area contributed by atoms with Gasteiger partial charge in [0.15, 0.2) is 9.84 Å². The second-order valence-corrected chi connectivity index (χ2v) is 10.3. The Morgan fingerprint density at radius 2 is 2.08 bits per heavy atom. The van der Waals surface area contributed by atoms with Gasteiger partial charge < -0.3 is 9.80 Å². The molecule has 140 valence electrons. The third kappa shape index (κ3) is 5.26. The Hall–Kier alpha value is -0.960. The first-order valence-electron chi connectivity index (χ1n) is 8.86. The molecule has 0 bridgehead atoms. The number of thiophene rings is 1. The Balaban J connectivity index is 1.38. The van der Waals surface area contributed by atoms with Gasteiger partial charge in [-0.1, -0.05) is 6.07 Å². The minimum atomic E-state index is -2.87. The zero-order valence-corrected chi connectivity index (χ0v) is 16.4. The molecule has 0 radical (unpaired) electrons. The number of carbonyl (C=O) groups excluding carboxylic acids is 1. The topological polar surface area (TPSA) is 60.9 Å². The molecule has 25 heavy (non-hydrogen) atoms. The van der Waals surface area contributed by atoms with Crippen molar-refractivity contribution in [2.75, 3.05) is 51.3 Å². The largest absolute Gasteiger partial charge is 0.340 e. The second kappa shape index (κ2) is 8.16. The van der Waals surface area contributed by atoms with E-state index >= 15 is 0 Å². The van der Waals surface area contributed by atoms with Crippen molar-refractivity contribution in [1.29, 1.82) is 0 Å². The number of nitrogens with zero attached hydrogens (tertiary/aromatic N) is 3. The van der Waals surface area contributed by atoms with Gasteiger partial charge in [0.2, 0.25) is 5.91 Å². The Kier molecular flexibility index (Phi) is 6.14. The van der Waals surface area contributed by atoms with Crippen LogP contribution in [-0.2, 0) is 21.2 Å². The summed E-state index contributed by atoms with van der Waals surface area (Å²) in [5.41, 5.74) is 0. The number of sulfone groups is 1. The van der Waals surface area contributed by atoms with Crippen LogP contribution in [0.15, 0.2) is 17.5 Å².